The largest absolute Gasteiger partial charge is 0.504 e. The van der Waals surface area contributed by atoms with Gasteiger partial charge in [0, 0.05) is 10.2 Å². The minimum atomic E-state index is -0.512. The van der Waals surface area contributed by atoms with Crippen LogP contribution in [-0.4, -0.2) is 17.6 Å². The van der Waals surface area contributed by atoms with Crippen molar-refractivity contribution in [2.75, 3.05) is 11.9 Å². The number of carbonyl (C=O) groups is 1. The third-order valence-electron chi connectivity index (χ3n) is 3.07. The van der Waals surface area contributed by atoms with Crippen molar-refractivity contribution < 1.29 is 14.6 Å². The Bertz CT molecular complexity index is 811. The second-order valence-electron chi connectivity index (χ2n) is 4.76. The average molecular weight is 387 g/mol. The summed E-state index contributed by atoms with van der Waals surface area (Å²) in [5, 5.41) is 21.8. The van der Waals surface area contributed by atoms with E-state index >= 15 is 0 Å². The van der Waals surface area contributed by atoms with Crippen molar-refractivity contribution in [3.8, 4) is 17.6 Å². The molecule has 2 aromatic rings. The summed E-state index contributed by atoms with van der Waals surface area (Å²) in [7, 11) is 0. The number of nitrogens with zero attached hydrogens (tertiary/aromatic N) is 1. The maximum absolute atomic E-state index is 12.2. The monoisotopic (exact) mass is 386 g/mol. The summed E-state index contributed by atoms with van der Waals surface area (Å²) in [6.45, 7) is 2.18. The Morgan fingerprint density at radius 1 is 1.38 bits per heavy atom. The van der Waals surface area contributed by atoms with Gasteiger partial charge in [0.25, 0.3) is 5.91 Å². The molecule has 24 heavy (non-hydrogen) atoms. The predicted molar refractivity (Wildman–Crippen MR) is 95.6 cm³/mol. The molecule has 0 saturated heterocycles. The van der Waals surface area contributed by atoms with Crippen LogP contribution in [0.5, 0.6) is 11.5 Å². The van der Waals surface area contributed by atoms with Crippen LogP contribution in [0, 0.1) is 11.3 Å². The number of carbonyl (C=O) groups excluding carboxylic acids is 1. The second kappa shape index (κ2) is 8.18. The first-order chi connectivity index (χ1) is 11.5. The van der Waals surface area contributed by atoms with Gasteiger partial charge >= 0.3 is 0 Å². The molecule has 1 amide bonds. The lowest BCUT2D eigenvalue weighted by atomic mass is 10.1. The Morgan fingerprint density at radius 3 is 2.71 bits per heavy atom. The number of ether oxygens (including phenoxy) is 1. The molecule has 2 aromatic carbocycles. The van der Waals surface area contributed by atoms with Crippen molar-refractivity contribution in [2.45, 2.75) is 6.92 Å². The molecule has 2 N–H and O–H groups in total. The SMILES string of the molecule is CCOc1cc(/C=C(\C#N)C(=O)Nc2ccccc2)c(Br)cc1O. The molecule has 0 atom stereocenters. The number of hydrogen-bond donors (Lipinski definition) is 2. The molecule has 122 valence electrons. The standard InChI is InChI=1S/C18H15BrN2O3/c1-2-24-17-9-12(15(19)10-16(17)22)8-13(11-20)18(23)21-14-6-4-3-5-7-14/h3-10,22H,2H2,1H3,(H,21,23)/b13-8+. The summed E-state index contributed by atoms with van der Waals surface area (Å²) >= 11 is 3.30. The maximum atomic E-state index is 12.2. The van der Waals surface area contributed by atoms with E-state index in [-0.39, 0.29) is 17.1 Å². The van der Waals surface area contributed by atoms with Gasteiger partial charge in [-0.25, -0.2) is 0 Å². The lowest BCUT2D eigenvalue weighted by Gasteiger charge is -2.09. The quantitative estimate of drug-likeness (QED) is 0.598. The Morgan fingerprint density at radius 2 is 2.08 bits per heavy atom. The number of aromatic hydroxyl groups is 1. The molecule has 0 spiro atoms. The molecule has 0 aliphatic carbocycles. The number of phenols is 1. The molecule has 0 fully saturated rings. The molecule has 0 aliphatic heterocycles. The third kappa shape index (κ3) is 4.37. The van der Waals surface area contributed by atoms with Crippen LogP contribution in [0.15, 0.2) is 52.5 Å². The molecule has 0 aliphatic rings. The highest BCUT2D eigenvalue weighted by atomic mass is 79.9. The lowest BCUT2D eigenvalue weighted by molar-refractivity contribution is -0.112. The number of benzene rings is 2. The fraction of sp³-hybridized carbons (Fsp3) is 0.111. The summed E-state index contributed by atoms with van der Waals surface area (Å²) in [6.07, 6.45) is 1.43. The van der Waals surface area contributed by atoms with Crippen molar-refractivity contribution in [1.82, 2.24) is 0 Å². The van der Waals surface area contributed by atoms with Crippen LogP contribution in [0.1, 0.15) is 12.5 Å². The van der Waals surface area contributed by atoms with Crippen molar-refractivity contribution in [2.24, 2.45) is 0 Å². The van der Waals surface area contributed by atoms with Crippen molar-refractivity contribution in [3.63, 3.8) is 0 Å². The van der Waals surface area contributed by atoms with E-state index in [1.807, 2.05) is 12.1 Å². The van der Waals surface area contributed by atoms with E-state index in [2.05, 4.69) is 21.2 Å². The fourth-order valence-corrected chi connectivity index (χ4v) is 2.41. The molecule has 5 nitrogen and oxygen atoms in total. The maximum Gasteiger partial charge on any atom is 0.266 e. The van der Waals surface area contributed by atoms with Crippen molar-refractivity contribution >= 4 is 33.6 Å². The van der Waals surface area contributed by atoms with E-state index in [1.54, 1.807) is 37.3 Å². The molecule has 6 heteroatoms. The number of para-hydroxylation sites is 1. The number of hydrogen-bond acceptors (Lipinski definition) is 4. The van der Waals surface area contributed by atoms with Gasteiger partial charge < -0.3 is 15.2 Å². The summed E-state index contributed by atoms with van der Waals surface area (Å²) in [4.78, 5) is 12.2. The van der Waals surface area contributed by atoms with Crippen LogP contribution in [0.3, 0.4) is 0 Å². The molecule has 0 heterocycles. The zero-order chi connectivity index (χ0) is 17.5. The van der Waals surface area contributed by atoms with Crippen LogP contribution in [0.25, 0.3) is 6.08 Å². The third-order valence-corrected chi connectivity index (χ3v) is 3.76. The van der Waals surface area contributed by atoms with Gasteiger partial charge in [0.2, 0.25) is 0 Å². The summed E-state index contributed by atoms with van der Waals surface area (Å²) < 4.78 is 5.87. The Hall–Kier alpha value is -2.78. The lowest BCUT2D eigenvalue weighted by Crippen LogP contribution is -2.13. The van der Waals surface area contributed by atoms with Crippen LogP contribution < -0.4 is 10.1 Å². The van der Waals surface area contributed by atoms with E-state index in [0.29, 0.717) is 22.3 Å². The molecule has 0 radical (unpaired) electrons. The number of nitriles is 1. The van der Waals surface area contributed by atoms with Gasteiger partial charge in [0.15, 0.2) is 11.5 Å². The number of halogens is 1. The van der Waals surface area contributed by atoms with Crippen LogP contribution in [0.4, 0.5) is 5.69 Å². The zero-order valence-electron chi connectivity index (χ0n) is 12.9. The molecule has 0 bridgehead atoms. The van der Waals surface area contributed by atoms with Crippen molar-refractivity contribution in [3.05, 3.63) is 58.1 Å². The second-order valence-corrected chi connectivity index (χ2v) is 5.62. The summed E-state index contributed by atoms with van der Waals surface area (Å²) in [5.74, 6) is -0.248. The highest BCUT2D eigenvalue weighted by Gasteiger charge is 2.13. The van der Waals surface area contributed by atoms with Crippen LogP contribution in [-0.2, 0) is 4.79 Å². The number of rotatable bonds is 5. The molecule has 0 aromatic heterocycles. The number of anilines is 1. The minimum Gasteiger partial charge on any atom is -0.504 e. The van der Waals surface area contributed by atoms with Crippen molar-refractivity contribution in [1.29, 1.82) is 5.26 Å². The van der Waals surface area contributed by atoms with Crippen LogP contribution >= 0.6 is 15.9 Å². The molecular weight excluding hydrogens is 372 g/mol. The van der Waals surface area contributed by atoms with Crippen LogP contribution in [0.2, 0.25) is 0 Å². The van der Waals surface area contributed by atoms with Gasteiger partial charge in [-0.3, -0.25) is 4.79 Å². The van der Waals surface area contributed by atoms with E-state index < -0.39 is 5.91 Å². The van der Waals surface area contributed by atoms with E-state index in [9.17, 15) is 15.2 Å². The zero-order valence-corrected chi connectivity index (χ0v) is 14.5. The summed E-state index contributed by atoms with van der Waals surface area (Å²) in [5.41, 5.74) is 1.09. The smallest absolute Gasteiger partial charge is 0.266 e. The normalized spacial score (nSPS) is 10.8. The summed E-state index contributed by atoms with van der Waals surface area (Å²) in [6, 6.07) is 13.8. The highest BCUT2D eigenvalue weighted by molar-refractivity contribution is 9.10. The minimum absolute atomic E-state index is 0.0203. The van der Waals surface area contributed by atoms with Gasteiger partial charge in [-0.05, 0) is 42.8 Å². The first-order valence-electron chi connectivity index (χ1n) is 7.18. The fourth-order valence-electron chi connectivity index (χ4n) is 1.96. The van der Waals surface area contributed by atoms with Gasteiger partial charge in [-0.15, -0.1) is 0 Å². The molecule has 0 unspecified atom stereocenters. The van der Waals surface area contributed by atoms with E-state index in [1.165, 1.54) is 12.1 Å². The number of nitrogens with one attached hydrogen (secondary N) is 1. The Kier molecular flexibility index (Phi) is 5.99. The van der Waals surface area contributed by atoms with Gasteiger partial charge in [0.05, 0.1) is 6.61 Å². The van der Waals surface area contributed by atoms with E-state index in [4.69, 9.17) is 4.74 Å². The Balaban J connectivity index is 2.31. The van der Waals surface area contributed by atoms with E-state index in [0.717, 1.165) is 0 Å². The Labute approximate surface area is 148 Å². The number of phenolic OH excluding ortho intramolecular Hbond substituents is 1. The topological polar surface area (TPSA) is 82.3 Å². The molecule has 2 rings (SSSR count). The first kappa shape index (κ1) is 17.6. The number of amides is 1. The average Bonchev–Trinajstić information content (AvgIpc) is 2.57. The molecule has 0 saturated carbocycles. The molecular formula is C18H15BrN2O3. The van der Waals surface area contributed by atoms with Gasteiger partial charge in [0.1, 0.15) is 11.6 Å². The van der Waals surface area contributed by atoms with Gasteiger partial charge in [-0.2, -0.15) is 5.26 Å². The highest BCUT2D eigenvalue weighted by Crippen LogP contribution is 2.33. The predicted octanol–water partition coefficient (Wildman–Crippen LogP) is 4.10. The van der Waals surface area contributed by atoms with Gasteiger partial charge in [-0.1, -0.05) is 34.1 Å². The first-order valence-corrected chi connectivity index (χ1v) is 7.98.